The molecular weight excluding hydrogens is 320 g/mol. The summed E-state index contributed by atoms with van der Waals surface area (Å²) in [6.07, 6.45) is 0. The van der Waals surface area contributed by atoms with E-state index in [4.69, 9.17) is 11.6 Å². The van der Waals surface area contributed by atoms with Crippen molar-refractivity contribution in [2.75, 3.05) is 13.6 Å². The summed E-state index contributed by atoms with van der Waals surface area (Å²) in [5.41, 5.74) is 0.367. The zero-order valence-corrected chi connectivity index (χ0v) is 13.9. The minimum atomic E-state index is -0.351. The Balaban J connectivity index is 1.92. The number of hydrogen-bond acceptors (Lipinski definition) is 3. The van der Waals surface area contributed by atoms with Crippen LogP contribution in [0.2, 0.25) is 5.02 Å². The Kier molecular flexibility index (Phi) is 5.57. The van der Waals surface area contributed by atoms with Gasteiger partial charge in [-0.05, 0) is 30.5 Å². The number of nitrogens with zero attached hydrogens (tertiary/aromatic N) is 1. The molecule has 0 aliphatic rings. The highest BCUT2D eigenvalue weighted by Gasteiger charge is 2.19. The number of carbonyl (C=O) groups excluding carboxylic acids is 2. The molecule has 116 valence electrons. The maximum Gasteiger partial charge on any atom is 0.253 e. The summed E-state index contributed by atoms with van der Waals surface area (Å²) in [5.74, 6) is -0.502. The second kappa shape index (κ2) is 7.42. The van der Waals surface area contributed by atoms with Gasteiger partial charge in [-0.3, -0.25) is 9.59 Å². The predicted octanol–water partition coefficient (Wildman–Crippen LogP) is 3.35. The van der Waals surface area contributed by atoms with Crippen LogP contribution in [0.5, 0.6) is 0 Å². The molecule has 2 aromatic rings. The van der Waals surface area contributed by atoms with Crippen molar-refractivity contribution in [2.24, 2.45) is 0 Å². The van der Waals surface area contributed by atoms with Crippen molar-refractivity contribution < 1.29 is 9.59 Å². The lowest BCUT2D eigenvalue weighted by atomic mass is 10.2. The van der Waals surface area contributed by atoms with Crippen molar-refractivity contribution in [3.8, 4) is 0 Å². The highest BCUT2D eigenvalue weighted by Crippen LogP contribution is 2.23. The van der Waals surface area contributed by atoms with Crippen molar-refractivity contribution in [2.45, 2.75) is 13.0 Å². The number of likely N-dealkylation sites (N-methyl/N-ethyl adjacent to an activating group) is 1. The first kappa shape index (κ1) is 16.5. The lowest BCUT2D eigenvalue weighted by molar-refractivity contribution is -0.130. The third kappa shape index (κ3) is 3.87. The number of halogens is 1. The van der Waals surface area contributed by atoms with E-state index in [-0.39, 0.29) is 24.4 Å². The Morgan fingerprint density at radius 2 is 2.00 bits per heavy atom. The minimum absolute atomic E-state index is 0.0234. The van der Waals surface area contributed by atoms with Gasteiger partial charge in [0, 0.05) is 11.9 Å². The lowest BCUT2D eigenvalue weighted by Gasteiger charge is -2.24. The first-order valence-electron chi connectivity index (χ1n) is 6.82. The Bertz CT molecular complexity index is 658. The molecule has 0 saturated heterocycles. The van der Waals surface area contributed by atoms with E-state index in [2.05, 4.69) is 5.32 Å². The van der Waals surface area contributed by atoms with Crippen LogP contribution in [0.3, 0.4) is 0 Å². The summed E-state index contributed by atoms with van der Waals surface area (Å²) < 4.78 is 0. The fourth-order valence-corrected chi connectivity index (χ4v) is 3.01. The predicted molar refractivity (Wildman–Crippen MR) is 89.3 cm³/mol. The summed E-state index contributed by atoms with van der Waals surface area (Å²) in [6, 6.07) is 10.7. The van der Waals surface area contributed by atoms with Crippen LogP contribution >= 0.6 is 22.9 Å². The van der Waals surface area contributed by atoms with Gasteiger partial charge in [0.2, 0.25) is 5.91 Å². The lowest BCUT2D eigenvalue weighted by Crippen LogP contribution is -2.39. The molecule has 1 aromatic heterocycles. The molecule has 0 spiro atoms. The van der Waals surface area contributed by atoms with Crippen LogP contribution in [-0.4, -0.2) is 30.3 Å². The van der Waals surface area contributed by atoms with Crippen molar-refractivity contribution in [1.82, 2.24) is 10.2 Å². The standard InChI is InChI=1S/C16H17ClN2O2S/c1-11(14-8-5-9-22-14)19(2)15(20)10-18-16(21)12-6-3-4-7-13(12)17/h3-9,11H,10H2,1-2H3,(H,18,21). The average Bonchev–Trinajstić information content (AvgIpc) is 3.05. The highest BCUT2D eigenvalue weighted by molar-refractivity contribution is 7.10. The number of benzene rings is 1. The van der Waals surface area contributed by atoms with Gasteiger partial charge in [-0.15, -0.1) is 11.3 Å². The third-order valence-corrected chi connectivity index (χ3v) is 4.82. The second-order valence-electron chi connectivity index (χ2n) is 4.86. The molecular formula is C16H17ClN2O2S. The molecule has 0 fully saturated rings. The van der Waals surface area contributed by atoms with E-state index in [9.17, 15) is 9.59 Å². The van der Waals surface area contributed by atoms with Gasteiger partial charge in [0.25, 0.3) is 5.91 Å². The number of amides is 2. The zero-order valence-electron chi connectivity index (χ0n) is 12.4. The van der Waals surface area contributed by atoms with Gasteiger partial charge in [-0.25, -0.2) is 0 Å². The smallest absolute Gasteiger partial charge is 0.253 e. The number of rotatable bonds is 5. The van der Waals surface area contributed by atoms with E-state index >= 15 is 0 Å². The Labute approximate surface area is 138 Å². The number of thiophene rings is 1. The maximum absolute atomic E-state index is 12.2. The van der Waals surface area contributed by atoms with Crippen LogP contribution in [0.1, 0.15) is 28.2 Å². The molecule has 1 atom stereocenters. The van der Waals surface area contributed by atoms with Gasteiger partial charge in [0.15, 0.2) is 0 Å². The van der Waals surface area contributed by atoms with Crippen LogP contribution in [-0.2, 0) is 4.79 Å². The molecule has 0 aliphatic carbocycles. The monoisotopic (exact) mass is 336 g/mol. The second-order valence-corrected chi connectivity index (χ2v) is 6.25. The fourth-order valence-electron chi connectivity index (χ4n) is 1.96. The molecule has 1 N–H and O–H groups in total. The first-order valence-corrected chi connectivity index (χ1v) is 8.08. The van der Waals surface area contributed by atoms with Gasteiger partial charge in [-0.2, -0.15) is 0 Å². The van der Waals surface area contributed by atoms with Crippen molar-refractivity contribution in [1.29, 1.82) is 0 Å². The highest BCUT2D eigenvalue weighted by atomic mass is 35.5. The van der Waals surface area contributed by atoms with Crippen molar-refractivity contribution in [3.05, 3.63) is 57.2 Å². The molecule has 1 aromatic carbocycles. The Morgan fingerprint density at radius 1 is 1.27 bits per heavy atom. The van der Waals surface area contributed by atoms with E-state index in [0.29, 0.717) is 10.6 Å². The fraction of sp³-hybridized carbons (Fsp3) is 0.250. The largest absolute Gasteiger partial charge is 0.343 e. The molecule has 0 bridgehead atoms. The van der Waals surface area contributed by atoms with Crippen LogP contribution in [0, 0.1) is 0 Å². The Morgan fingerprint density at radius 3 is 2.64 bits per heavy atom. The van der Waals surface area contributed by atoms with E-state index < -0.39 is 0 Å². The quantitative estimate of drug-likeness (QED) is 0.910. The van der Waals surface area contributed by atoms with Crippen molar-refractivity contribution >= 4 is 34.8 Å². The van der Waals surface area contributed by atoms with Gasteiger partial charge in [0.05, 0.1) is 23.2 Å². The number of hydrogen-bond donors (Lipinski definition) is 1. The SMILES string of the molecule is CC(c1cccs1)N(C)C(=O)CNC(=O)c1ccccc1Cl. The van der Waals surface area contributed by atoms with E-state index in [1.807, 2.05) is 24.4 Å². The van der Waals surface area contributed by atoms with Gasteiger partial charge >= 0.3 is 0 Å². The van der Waals surface area contributed by atoms with E-state index in [1.54, 1.807) is 47.5 Å². The molecule has 22 heavy (non-hydrogen) atoms. The van der Waals surface area contributed by atoms with Gasteiger partial charge in [-0.1, -0.05) is 29.8 Å². The number of nitrogens with one attached hydrogen (secondary N) is 1. The molecule has 2 amide bonds. The summed E-state index contributed by atoms with van der Waals surface area (Å²) in [5, 5.41) is 4.95. The summed E-state index contributed by atoms with van der Waals surface area (Å²) in [4.78, 5) is 26.9. The Hall–Kier alpha value is -1.85. The van der Waals surface area contributed by atoms with Crippen molar-refractivity contribution in [3.63, 3.8) is 0 Å². The molecule has 6 heteroatoms. The summed E-state index contributed by atoms with van der Waals surface area (Å²) >= 11 is 7.56. The zero-order chi connectivity index (χ0) is 16.1. The molecule has 0 radical (unpaired) electrons. The average molecular weight is 337 g/mol. The summed E-state index contributed by atoms with van der Waals surface area (Å²) in [7, 11) is 1.73. The van der Waals surface area contributed by atoms with Crippen LogP contribution in [0.25, 0.3) is 0 Å². The molecule has 2 rings (SSSR count). The first-order chi connectivity index (χ1) is 10.5. The normalized spacial score (nSPS) is 11.8. The number of carbonyl (C=O) groups is 2. The molecule has 1 unspecified atom stereocenters. The topological polar surface area (TPSA) is 49.4 Å². The van der Waals surface area contributed by atoms with Crippen LogP contribution in [0.15, 0.2) is 41.8 Å². The molecule has 0 aliphatic heterocycles. The molecule has 4 nitrogen and oxygen atoms in total. The third-order valence-electron chi connectivity index (χ3n) is 3.45. The minimum Gasteiger partial charge on any atom is -0.343 e. The van der Waals surface area contributed by atoms with Gasteiger partial charge < -0.3 is 10.2 Å². The van der Waals surface area contributed by atoms with Crippen LogP contribution < -0.4 is 5.32 Å². The van der Waals surface area contributed by atoms with E-state index in [0.717, 1.165) is 4.88 Å². The molecule has 1 heterocycles. The van der Waals surface area contributed by atoms with Gasteiger partial charge in [0.1, 0.15) is 0 Å². The maximum atomic E-state index is 12.2. The summed E-state index contributed by atoms with van der Waals surface area (Å²) in [6.45, 7) is 1.90. The molecule has 0 saturated carbocycles. The van der Waals surface area contributed by atoms with E-state index in [1.165, 1.54) is 0 Å². The van der Waals surface area contributed by atoms with Crippen LogP contribution in [0.4, 0.5) is 0 Å².